The maximum atomic E-state index is 12.5. The largest absolute Gasteiger partial charge is 0.493 e. The van der Waals surface area contributed by atoms with Crippen LogP contribution in [0.5, 0.6) is 11.5 Å². The van der Waals surface area contributed by atoms with Crippen LogP contribution in [0.3, 0.4) is 0 Å². The predicted octanol–water partition coefficient (Wildman–Crippen LogP) is 2.88. The fourth-order valence-corrected chi connectivity index (χ4v) is 1.91. The number of halogens is 2. The maximum Gasteiger partial charge on any atom is 0.387 e. The minimum absolute atomic E-state index is 0.0406. The van der Waals surface area contributed by atoms with E-state index in [0.717, 1.165) is 11.5 Å². The number of ether oxygens (including phenoxy) is 2. The van der Waals surface area contributed by atoms with Crippen LogP contribution in [0.4, 0.5) is 8.78 Å². The Balaban J connectivity index is 2.04. The molecule has 0 saturated carbocycles. The monoisotopic (exact) mass is 298 g/mol. The van der Waals surface area contributed by atoms with Gasteiger partial charge in [0.15, 0.2) is 11.5 Å². The summed E-state index contributed by atoms with van der Waals surface area (Å²) >= 11 is 0. The molecule has 21 heavy (non-hydrogen) atoms. The second kappa shape index (κ2) is 7.03. The Hall–Kier alpha value is -2.15. The van der Waals surface area contributed by atoms with Crippen molar-refractivity contribution in [2.24, 2.45) is 0 Å². The van der Waals surface area contributed by atoms with E-state index in [9.17, 15) is 8.78 Å². The first kappa shape index (κ1) is 15.2. The fraction of sp³-hybridized carbons (Fsp3) is 0.357. The molecule has 0 aliphatic rings. The van der Waals surface area contributed by atoms with Crippen molar-refractivity contribution in [1.29, 1.82) is 0 Å². The second-order valence-corrected chi connectivity index (χ2v) is 4.36. The number of nitrogens with one attached hydrogen (secondary N) is 1. The van der Waals surface area contributed by atoms with Crippen LogP contribution in [0.25, 0.3) is 0 Å². The first-order chi connectivity index (χ1) is 10.1. The molecule has 0 atom stereocenters. The van der Waals surface area contributed by atoms with Crippen LogP contribution < -0.4 is 14.8 Å². The van der Waals surface area contributed by atoms with Crippen LogP contribution in [0.15, 0.2) is 28.8 Å². The highest BCUT2D eigenvalue weighted by Crippen LogP contribution is 2.32. The van der Waals surface area contributed by atoms with Gasteiger partial charge in [-0.05, 0) is 13.0 Å². The van der Waals surface area contributed by atoms with E-state index in [2.05, 4.69) is 15.2 Å². The Bertz CT molecular complexity index is 587. The summed E-state index contributed by atoms with van der Waals surface area (Å²) in [5.41, 5.74) is 1.32. The van der Waals surface area contributed by atoms with Gasteiger partial charge in [-0.3, -0.25) is 0 Å². The zero-order valence-electron chi connectivity index (χ0n) is 11.7. The molecule has 5 nitrogen and oxygen atoms in total. The molecular formula is C14H16F2N2O3. The molecule has 2 aromatic rings. The lowest BCUT2D eigenvalue weighted by Crippen LogP contribution is -2.15. The Morgan fingerprint density at radius 3 is 2.76 bits per heavy atom. The summed E-state index contributed by atoms with van der Waals surface area (Å²) in [6.07, 6.45) is 0. The molecule has 1 N–H and O–H groups in total. The number of nitrogens with zero attached hydrogens (tertiary/aromatic N) is 1. The van der Waals surface area contributed by atoms with Crippen LogP contribution in [-0.4, -0.2) is 18.9 Å². The van der Waals surface area contributed by atoms with E-state index in [1.165, 1.54) is 7.11 Å². The Kier molecular flexibility index (Phi) is 5.10. The molecular weight excluding hydrogens is 282 g/mol. The molecule has 0 spiro atoms. The number of rotatable bonds is 7. The number of hydrogen-bond donors (Lipinski definition) is 1. The molecule has 1 heterocycles. The van der Waals surface area contributed by atoms with Crippen LogP contribution in [0.1, 0.15) is 17.0 Å². The van der Waals surface area contributed by atoms with Gasteiger partial charge in [0, 0.05) is 24.7 Å². The number of benzene rings is 1. The highest BCUT2D eigenvalue weighted by Gasteiger charge is 2.15. The maximum absolute atomic E-state index is 12.5. The van der Waals surface area contributed by atoms with Crippen molar-refractivity contribution in [3.63, 3.8) is 0 Å². The Labute approximate surface area is 120 Å². The minimum atomic E-state index is -2.90. The van der Waals surface area contributed by atoms with Gasteiger partial charge in [-0.2, -0.15) is 8.78 Å². The molecule has 0 fully saturated rings. The van der Waals surface area contributed by atoms with Gasteiger partial charge in [0.25, 0.3) is 0 Å². The van der Waals surface area contributed by atoms with E-state index in [4.69, 9.17) is 9.26 Å². The van der Waals surface area contributed by atoms with Gasteiger partial charge in [0.05, 0.1) is 12.8 Å². The molecule has 114 valence electrons. The van der Waals surface area contributed by atoms with Crippen molar-refractivity contribution >= 4 is 0 Å². The van der Waals surface area contributed by atoms with Crippen LogP contribution in [0.2, 0.25) is 0 Å². The molecule has 2 rings (SSSR count). The summed E-state index contributed by atoms with van der Waals surface area (Å²) in [4.78, 5) is 0. The molecule has 1 aromatic heterocycles. The van der Waals surface area contributed by atoms with Gasteiger partial charge < -0.3 is 19.3 Å². The number of alkyl halides is 2. The Morgan fingerprint density at radius 1 is 1.33 bits per heavy atom. The lowest BCUT2D eigenvalue weighted by molar-refractivity contribution is -0.0518. The summed E-state index contributed by atoms with van der Waals surface area (Å²) in [7, 11) is 1.41. The molecule has 0 unspecified atom stereocenters. The van der Waals surface area contributed by atoms with E-state index < -0.39 is 6.61 Å². The van der Waals surface area contributed by atoms with E-state index in [0.29, 0.717) is 18.7 Å². The van der Waals surface area contributed by atoms with Crippen molar-refractivity contribution in [3.8, 4) is 11.5 Å². The summed E-state index contributed by atoms with van der Waals surface area (Å²) in [6.45, 7) is -0.306. The van der Waals surface area contributed by atoms with Gasteiger partial charge in [-0.1, -0.05) is 17.3 Å². The summed E-state index contributed by atoms with van der Waals surface area (Å²) < 4.78 is 39.5. The van der Waals surface area contributed by atoms with E-state index in [1.807, 2.05) is 0 Å². The lowest BCUT2D eigenvalue weighted by Gasteiger charge is -2.14. The molecule has 1 aromatic carbocycles. The molecule has 0 bridgehead atoms. The number of para-hydroxylation sites is 1. The molecule has 7 heteroatoms. The van der Waals surface area contributed by atoms with E-state index in [1.54, 1.807) is 31.2 Å². The van der Waals surface area contributed by atoms with Gasteiger partial charge in [-0.25, -0.2) is 0 Å². The van der Waals surface area contributed by atoms with Crippen molar-refractivity contribution in [2.45, 2.75) is 26.6 Å². The standard InChI is InChI=1S/C14H16F2N2O3/c1-9-6-11(18-21-9)8-17-7-10-4-3-5-12(19-2)13(10)20-14(15)16/h3-6,14,17H,7-8H2,1-2H3. The summed E-state index contributed by atoms with van der Waals surface area (Å²) in [5, 5.41) is 6.93. The van der Waals surface area contributed by atoms with Gasteiger partial charge >= 0.3 is 6.61 Å². The molecule has 0 saturated heterocycles. The topological polar surface area (TPSA) is 56.5 Å². The summed E-state index contributed by atoms with van der Waals surface area (Å²) in [5.74, 6) is 1.03. The normalized spacial score (nSPS) is 10.9. The fourth-order valence-electron chi connectivity index (χ4n) is 1.91. The molecule has 0 radical (unpaired) electrons. The van der Waals surface area contributed by atoms with Gasteiger partial charge in [0.2, 0.25) is 0 Å². The van der Waals surface area contributed by atoms with Crippen molar-refractivity contribution in [1.82, 2.24) is 10.5 Å². The highest BCUT2D eigenvalue weighted by atomic mass is 19.3. The number of methoxy groups -OCH3 is 1. The lowest BCUT2D eigenvalue weighted by atomic mass is 10.2. The third-order valence-electron chi connectivity index (χ3n) is 2.79. The van der Waals surface area contributed by atoms with Crippen LogP contribution in [-0.2, 0) is 13.1 Å². The zero-order valence-corrected chi connectivity index (χ0v) is 11.7. The van der Waals surface area contributed by atoms with Gasteiger partial charge in [-0.15, -0.1) is 0 Å². The molecule has 0 amide bonds. The average Bonchev–Trinajstić information content (AvgIpc) is 2.85. The molecule has 0 aliphatic carbocycles. The smallest absolute Gasteiger partial charge is 0.387 e. The Morgan fingerprint density at radius 2 is 2.14 bits per heavy atom. The predicted molar refractivity (Wildman–Crippen MR) is 71.4 cm³/mol. The summed E-state index contributed by atoms with van der Waals surface area (Å²) in [6, 6.07) is 6.78. The van der Waals surface area contributed by atoms with Crippen molar-refractivity contribution in [3.05, 3.63) is 41.3 Å². The second-order valence-electron chi connectivity index (χ2n) is 4.36. The highest BCUT2D eigenvalue weighted by molar-refractivity contribution is 5.46. The molecule has 0 aliphatic heterocycles. The third-order valence-corrected chi connectivity index (χ3v) is 2.79. The minimum Gasteiger partial charge on any atom is -0.493 e. The number of aromatic nitrogens is 1. The van der Waals surface area contributed by atoms with Crippen molar-refractivity contribution < 1.29 is 22.8 Å². The van der Waals surface area contributed by atoms with Gasteiger partial charge in [0.1, 0.15) is 5.76 Å². The number of aryl methyl sites for hydroxylation is 1. The van der Waals surface area contributed by atoms with E-state index >= 15 is 0 Å². The number of hydrogen-bond acceptors (Lipinski definition) is 5. The van der Waals surface area contributed by atoms with Crippen LogP contribution >= 0.6 is 0 Å². The van der Waals surface area contributed by atoms with E-state index in [-0.39, 0.29) is 11.5 Å². The average molecular weight is 298 g/mol. The third kappa shape index (κ3) is 4.16. The first-order valence-corrected chi connectivity index (χ1v) is 6.33. The SMILES string of the molecule is COc1cccc(CNCc2cc(C)on2)c1OC(F)F. The van der Waals surface area contributed by atoms with Crippen LogP contribution in [0, 0.1) is 6.92 Å². The van der Waals surface area contributed by atoms with Crippen molar-refractivity contribution in [2.75, 3.05) is 7.11 Å². The zero-order chi connectivity index (χ0) is 15.2. The first-order valence-electron chi connectivity index (χ1n) is 6.33. The quantitative estimate of drug-likeness (QED) is 0.852.